The lowest BCUT2D eigenvalue weighted by Crippen LogP contribution is -2.37. The van der Waals surface area contributed by atoms with Crippen molar-refractivity contribution in [1.82, 2.24) is 4.90 Å². The van der Waals surface area contributed by atoms with Gasteiger partial charge < -0.3 is 10.0 Å². The quantitative estimate of drug-likeness (QED) is 0.892. The Morgan fingerprint density at radius 3 is 2.53 bits per heavy atom. The van der Waals surface area contributed by atoms with E-state index in [2.05, 4.69) is 0 Å². The summed E-state index contributed by atoms with van der Waals surface area (Å²) in [5.41, 5.74) is 0.0248. The summed E-state index contributed by atoms with van der Waals surface area (Å²) in [6.45, 7) is 1.94. The van der Waals surface area contributed by atoms with Crippen molar-refractivity contribution in [2.24, 2.45) is 5.92 Å². The topological polar surface area (TPSA) is 57.6 Å². The first kappa shape index (κ1) is 13.5. The second kappa shape index (κ2) is 4.95. The molecule has 1 aliphatic rings. The van der Waals surface area contributed by atoms with Crippen molar-refractivity contribution in [2.45, 2.75) is 19.4 Å². The van der Waals surface area contributed by atoms with Crippen LogP contribution in [0.1, 0.15) is 23.7 Å². The molecule has 0 aliphatic carbocycles. The molecule has 0 bridgehead atoms. The number of carbonyl (C=O) groups excluding carboxylic acids is 1. The van der Waals surface area contributed by atoms with Gasteiger partial charge in [0.05, 0.1) is 5.92 Å². The average Bonchev–Trinajstić information content (AvgIpc) is 2.74. The smallest absolute Gasteiger partial charge is 0.308 e. The Balaban J connectivity index is 2.21. The fraction of sp³-hybridized carbons (Fsp3) is 0.385. The van der Waals surface area contributed by atoms with Crippen LogP contribution >= 0.6 is 0 Å². The monoisotopic (exact) mass is 269 g/mol. The van der Waals surface area contributed by atoms with Crippen molar-refractivity contribution in [3.05, 3.63) is 35.4 Å². The number of carboxylic acids is 1. The molecule has 0 spiro atoms. The van der Waals surface area contributed by atoms with Crippen molar-refractivity contribution in [3.8, 4) is 0 Å². The third kappa shape index (κ3) is 2.43. The van der Waals surface area contributed by atoms with Gasteiger partial charge in [-0.25, -0.2) is 8.78 Å². The van der Waals surface area contributed by atoms with Crippen molar-refractivity contribution >= 4 is 11.9 Å². The zero-order valence-electron chi connectivity index (χ0n) is 10.3. The predicted molar refractivity (Wildman–Crippen MR) is 62.6 cm³/mol. The maximum atomic E-state index is 13.1. The van der Waals surface area contributed by atoms with Crippen molar-refractivity contribution in [3.63, 3.8) is 0 Å². The second-order valence-electron chi connectivity index (χ2n) is 4.60. The van der Waals surface area contributed by atoms with Gasteiger partial charge in [-0.15, -0.1) is 0 Å². The van der Waals surface area contributed by atoms with Crippen LogP contribution in [-0.4, -0.2) is 34.5 Å². The molecule has 1 aliphatic heterocycles. The van der Waals surface area contributed by atoms with Crippen LogP contribution in [-0.2, 0) is 4.79 Å². The van der Waals surface area contributed by atoms with E-state index in [1.807, 2.05) is 0 Å². The summed E-state index contributed by atoms with van der Waals surface area (Å²) < 4.78 is 25.9. The Morgan fingerprint density at radius 2 is 2.00 bits per heavy atom. The largest absolute Gasteiger partial charge is 0.481 e. The minimum absolute atomic E-state index is 0.0248. The Labute approximate surface area is 108 Å². The number of halogens is 2. The lowest BCUT2D eigenvalue weighted by Gasteiger charge is -2.23. The summed E-state index contributed by atoms with van der Waals surface area (Å²) in [4.78, 5) is 24.5. The van der Waals surface area contributed by atoms with Gasteiger partial charge >= 0.3 is 5.97 Å². The third-order valence-corrected chi connectivity index (χ3v) is 3.50. The molecule has 0 aromatic heterocycles. The van der Waals surface area contributed by atoms with Gasteiger partial charge in [-0.1, -0.05) is 0 Å². The molecule has 6 heteroatoms. The Morgan fingerprint density at radius 1 is 1.32 bits per heavy atom. The predicted octanol–water partition coefficient (Wildman–Crippen LogP) is 1.90. The molecule has 19 heavy (non-hydrogen) atoms. The number of rotatable bonds is 2. The fourth-order valence-electron chi connectivity index (χ4n) is 2.35. The molecule has 2 atom stereocenters. The number of hydrogen-bond donors (Lipinski definition) is 1. The highest BCUT2D eigenvalue weighted by molar-refractivity contribution is 5.95. The highest BCUT2D eigenvalue weighted by atomic mass is 19.2. The Hall–Kier alpha value is -1.98. The SMILES string of the molecule is CC1C(C(=O)O)CCN1C(=O)c1ccc(F)c(F)c1. The van der Waals surface area contributed by atoms with Crippen LogP contribution in [0.4, 0.5) is 8.78 Å². The van der Waals surface area contributed by atoms with E-state index < -0.39 is 35.5 Å². The van der Waals surface area contributed by atoms with Gasteiger partial charge in [0.15, 0.2) is 11.6 Å². The molecule has 1 amide bonds. The van der Waals surface area contributed by atoms with Crippen molar-refractivity contribution in [2.75, 3.05) is 6.54 Å². The molecule has 2 rings (SSSR count). The number of carbonyl (C=O) groups is 2. The summed E-state index contributed by atoms with van der Waals surface area (Å²) in [6.07, 6.45) is 0.367. The molecule has 102 valence electrons. The Bertz CT molecular complexity index is 533. The fourth-order valence-corrected chi connectivity index (χ4v) is 2.35. The van der Waals surface area contributed by atoms with Gasteiger partial charge in [-0.3, -0.25) is 9.59 Å². The number of aliphatic carboxylic acids is 1. The van der Waals surface area contributed by atoms with Crippen LogP contribution in [0.2, 0.25) is 0 Å². The summed E-state index contributed by atoms with van der Waals surface area (Å²) in [5.74, 6) is -4.15. The number of likely N-dealkylation sites (tertiary alicyclic amines) is 1. The minimum atomic E-state index is -1.09. The standard InChI is InChI=1S/C13H13F2NO3/c1-7-9(13(18)19)4-5-16(7)12(17)8-2-3-10(14)11(15)6-8/h2-3,6-7,9H,4-5H2,1H3,(H,18,19). The maximum absolute atomic E-state index is 13.1. The number of nitrogens with zero attached hydrogens (tertiary/aromatic N) is 1. The second-order valence-corrected chi connectivity index (χ2v) is 4.60. The van der Waals surface area contributed by atoms with Gasteiger partial charge in [0.2, 0.25) is 0 Å². The van der Waals surface area contributed by atoms with E-state index in [0.29, 0.717) is 13.0 Å². The van der Waals surface area contributed by atoms with Crippen molar-refractivity contribution < 1.29 is 23.5 Å². The molecule has 1 fully saturated rings. The van der Waals surface area contributed by atoms with Gasteiger partial charge in [0, 0.05) is 18.2 Å². The van der Waals surface area contributed by atoms with E-state index in [9.17, 15) is 18.4 Å². The van der Waals surface area contributed by atoms with Crippen LogP contribution in [0, 0.1) is 17.6 Å². The van der Waals surface area contributed by atoms with Gasteiger partial charge in [0.1, 0.15) is 0 Å². The highest BCUT2D eigenvalue weighted by Gasteiger charge is 2.38. The molecule has 4 nitrogen and oxygen atoms in total. The highest BCUT2D eigenvalue weighted by Crippen LogP contribution is 2.26. The lowest BCUT2D eigenvalue weighted by atomic mass is 10.0. The number of carboxylic acid groups (broad SMARTS) is 1. The molecule has 1 aromatic rings. The Kier molecular flexibility index (Phi) is 3.50. The van der Waals surface area contributed by atoms with Crippen LogP contribution in [0.25, 0.3) is 0 Å². The molecule has 0 radical (unpaired) electrons. The first-order chi connectivity index (χ1) is 8.91. The number of amides is 1. The van der Waals surface area contributed by atoms with E-state index in [0.717, 1.165) is 12.1 Å². The molecular weight excluding hydrogens is 256 g/mol. The van der Waals surface area contributed by atoms with E-state index >= 15 is 0 Å². The number of benzene rings is 1. The third-order valence-electron chi connectivity index (χ3n) is 3.50. The van der Waals surface area contributed by atoms with Gasteiger partial charge in [0.25, 0.3) is 5.91 Å². The summed E-state index contributed by atoms with van der Waals surface area (Å²) in [6, 6.07) is 2.45. The molecule has 1 N–H and O–H groups in total. The number of hydrogen-bond acceptors (Lipinski definition) is 2. The summed E-state index contributed by atoms with van der Waals surface area (Å²) in [7, 11) is 0. The lowest BCUT2D eigenvalue weighted by molar-refractivity contribution is -0.142. The average molecular weight is 269 g/mol. The zero-order chi connectivity index (χ0) is 14.2. The van der Waals surface area contributed by atoms with Gasteiger partial charge in [-0.05, 0) is 31.5 Å². The first-order valence-corrected chi connectivity index (χ1v) is 5.90. The molecule has 1 aromatic carbocycles. The van der Waals surface area contributed by atoms with E-state index in [-0.39, 0.29) is 5.56 Å². The molecular formula is C13H13F2NO3. The molecule has 1 saturated heterocycles. The minimum Gasteiger partial charge on any atom is -0.481 e. The summed E-state index contributed by atoms with van der Waals surface area (Å²) >= 11 is 0. The molecule has 0 saturated carbocycles. The maximum Gasteiger partial charge on any atom is 0.308 e. The molecule has 2 unspecified atom stereocenters. The zero-order valence-corrected chi connectivity index (χ0v) is 10.3. The van der Waals surface area contributed by atoms with Crippen LogP contribution in [0.15, 0.2) is 18.2 Å². The van der Waals surface area contributed by atoms with Gasteiger partial charge in [-0.2, -0.15) is 0 Å². The summed E-state index contributed by atoms with van der Waals surface area (Å²) in [5, 5.41) is 8.99. The normalized spacial score (nSPS) is 22.6. The van der Waals surface area contributed by atoms with E-state index in [4.69, 9.17) is 5.11 Å². The first-order valence-electron chi connectivity index (χ1n) is 5.90. The van der Waals surface area contributed by atoms with Crippen LogP contribution < -0.4 is 0 Å². The van der Waals surface area contributed by atoms with Crippen LogP contribution in [0.3, 0.4) is 0 Å². The molecule has 1 heterocycles. The van der Waals surface area contributed by atoms with Crippen molar-refractivity contribution in [1.29, 1.82) is 0 Å². The van der Waals surface area contributed by atoms with Crippen LogP contribution in [0.5, 0.6) is 0 Å². The van der Waals surface area contributed by atoms with E-state index in [1.54, 1.807) is 6.92 Å². The van der Waals surface area contributed by atoms with E-state index in [1.165, 1.54) is 11.0 Å².